The summed E-state index contributed by atoms with van der Waals surface area (Å²) >= 11 is 0. The lowest BCUT2D eigenvalue weighted by Gasteiger charge is -2.02. The minimum absolute atomic E-state index is 0.990. The first-order valence-corrected chi connectivity index (χ1v) is 3.68. The van der Waals surface area contributed by atoms with Crippen LogP contribution in [-0.2, 0) is 0 Å². The summed E-state index contributed by atoms with van der Waals surface area (Å²) < 4.78 is 0. The van der Waals surface area contributed by atoms with Crippen molar-refractivity contribution in [3.8, 4) is 0 Å². The molecule has 1 N–H and O–H groups in total. The molecule has 0 unspecified atom stereocenters. The lowest BCUT2D eigenvalue weighted by atomic mass is 10.2. The summed E-state index contributed by atoms with van der Waals surface area (Å²) in [5.41, 5.74) is 1.29. The van der Waals surface area contributed by atoms with E-state index >= 15 is 0 Å². The van der Waals surface area contributed by atoms with Crippen LogP contribution in [0.25, 0.3) is 0 Å². The Morgan fingerprint density at radius 3 is 2.56 bits per heavy atom. The van der Waals surface area contributed by atoms with Crippen LogP contribution in [-0.4, -0.2) is 13.1 Å². The average Bonchev–Trinajstić information content (AvgIpc) is 1.89. The Hall–Kier alpha value is -0.300. The van der Waals surface area contributed by atoms with E-state index in [1.165, 1.54) is 12.0 Å². The summed E-state index contributed by atoms with van der Waals surface area (Å²) in [5, 5.41) is 3.29. The van der Waals surface area contributed by atoms with Crippen molar-refractivity contribution in [2.24, 2.45) is 0 Å². The van der Waals surface area contributed by atoms with E-state index in [0.717, 1.165) is 19.5 Å². The van der Waals surface area contributed by atoms with E-state index in [1.807, 2.05) is 0 Å². The SMILES string of the molecule is C=C(CC)CNCCC. The van der Waals surface area contributed by atoms with Crippen molar-refractivity contribution in [1.82, 2.24) is 5.32 Å². The van der Waals surface area contributed by atoms with E-state index in [2.05, 4.69) is 25.7 Å². The van der Waals surface area contributed by atoms with Crippen molar-refractivity contribution in [2.45, 2.75) is 26.7 Å². The van der Waals surface area contributed by atoms with Crippen LogP contribution in [0.3, 0.4) is 0 Å². The van der Waals surface area contributed by atoms with Crippen LogP contribution in [0.2, 0.25) is 0 Å². The predicted molar refractivity (Wildman–Crippen MR) is 42.6 cm³/mol. The zero-order valence-electron chi connectivity index (χ0n) is 6.54. The van der Waals surface area contributed by atoms with Crippen LogP contribution in [0.4, 0.5) is 0 Å². The highest BCUT2D eigenvalue weighted by Crippen LogP contribution is 1.91. The topological polar surface area (TPSA) is 12.0 Å². The fourth-order valence-corrected chi connectivity index (χ4v) is 0.567. The molecule has 0 fully saturated rings. The van der Waals surface area contributed by atoms with Gasteiger partial charge in [0.15, 0.2) is 0 Å². The highest BCUT2D eigenvalue weighted by Gasteiger charge is 1.86. The van der Waals surface area contributed by atoms with Gasteiger partial charge >= 0.3 is 0 Å². The van der Waals surface area contributed by atoms with Gasteiger partial charge < -0.3 is 5.32 Å². The zero-order chi connectivity index (χ0) is 7.11. The van der Waals surface area contributed by atoms with Crippen LogP contribution < -0.4 is 5.32 Å². The smallest absolute Gasteiger partial charge is 0.0161 e. The predicted octanol–water partition coefficient (Wildman–Crippen LogP) is 1.95. The lowest BCUT2D eigenvalue weighted by Crippen LogP contribution is -2.16. The quantitative estimate of drug-likeness (QED) is 0.439. The van der Waals surface area contributed by atoms with Crippen molar-refractivity contribution in [3.05, 3.63) is 12.2 Å². The van der Waals surface area contributed by atoms with E-state index in [4.69, 9.17) is 0 Å². The molecule has 1 nitrogen and oxygen atoms in total. The molecule has 0 spiro atoms. The summed E-state index contributed by atoms with van der Waals surface area (Å²) in [6.07, 6.45) is 2.30. The molecule has 0 amide bonds. The highest BCUT2D eigenvalue weighted by atomic mass is 14.8. The molecule has 0 aliphatic rings. The minimum Gasteiger partial charge on any atom is -0.313 e. The van der Waals surface area contributed by atoms with Gasteiger partial charge in [0.05, 0.1) is 0 Å². The molecule has 0 saturated heterocycles. The first-order valence-electron chi connectivity index (χ1n) is 3.68. The fraction of sp³-hybridized carbons (Fsp3) is 0.750. The summed E-state index contributed by atoms with van der Waals surface area (Å²) in [6.45, 7) is 10.3. The second kappa shape index (κ2) is 5.83. The minimum atomic E-state index is 0.990. The van der Waals surface area contributed by atoms with Gasteiger partial charge in [-0.15, -0.1) is 0 Å². The van der Waals surface area contributed by atoms with Crippen molar-refractivity contribution < 1.29 is 0 Å². The van der Waals surface area contributed by atoms with Crippen LogP contribution in [0.5, 0.6) is 0 Å². The molecule has 0 aromatic carbocycles. The van der Waals surface area contributed by atoms with Crippen LogP contribution in [0.1, 0.15) is 26.7 Å². The molecular weight excluding hydrogens is 110 g/mol. The second-order valence-corrected chi connectivity index (χ2v) is 2.28. The van der Waals surface area contributed by atoms with E-state index in [9.17, 15) is 0 Å². The first kappa shape index (κ1) is 8.70. The van der Waals surface area contributed by atoms with Crippen LogP contribution in [0.15, 0.2) is 12.2 Å². The molecule has 0 aliphatic heterocycles. The molecular formula is C8H17N. The van der Waals surface area contributed by atoms with Crippen molar-refractivity contribution in [2.75, 3.05) is 13.1 Å². The van der Waals surface area contributed by atoms with E-state index in [0.29, 0.717) is 0 Å². The normalized spacial score (nSPS) is 9.56. The number of hydrogen-bond acceptors (Lipinski definition) is 1. The monoisotopic (exact) mass is 127 g/mol. The van der Waals surface area contributed by atoms with Gasteiger partial charge in [0, 0.05) is 6.54 Å². The molecule has 0 bridgehead atoms. The second-order valence-electron chi connectivity index (χ2n) is 2.28. The molecule has 0 rings (SSSR count). The molecule has 0 aromatic rings. The van der Waals surface area contributed by atoms with E-state index in [-0.39, 0.29) is 0 Å². The molecule has 0 saturated carbocycles. The Labute approximate surface area is 58.2 Å². The maximum absolute atomic E-state index is 3.88. The Bertz CT molecular complexity index is 76.6. The van der Waals surface area contributed by atoms with Gasteiger partial charge in [-0.2, -0.15) is 0 Å². The zero-order valence-corrected chi connectivity index (χ0v) is 6.54. The third-order valence-electron chi connectivity index (χ3n) is 1.30. The lowest BCUT2D eigenvalue weighted by molar-refractivity contribution is 0.705. The van der Waals surface area contributed by atoms with Gasteiger partial charge in [0.2, 0.25) is 0 Å². The third kappa shape index (κ3) is 5.57. The standard InChI is InChI=1S/C8H17N/c1-4-6-9-7-8(3)5-2/h9H,3-7H2,1-2H3. The fourth-order valence-electron chi connectivity index (χ4n) is 0.567. The average molecular weight is 127 g/mol. The van der Waals surface area contributed by atoms with Crippen molar-refractivity contribution in [1.29, 1.82) is 0 Å². The molecule has 0 atom stereocenters. The maximum Gasteiger partial charge on any atom is 0.0161 e. The Morgan fingerprint density at radius 1 is 1.44 bits per heavy atom. The molecule has 1 heteroatoms. The first-order chi connectivity index (χ1) is 4.31. The van der Waals surface area contributed by atoms with Gasteiger partial charge in [-0.3, -0.25) is 0 Å². The summed E-state index contributed by atoms with van der Waals surface area (Å²) in [6, 6.07) is 0. The van der Waals surface area contributed by atoms with Crippen LogP contribution >= 0.6 is 0 Å². The molecule has 0 aliphatic carbocycles. The van der Waals surface area contributed by atoms with Gasteiger partial charge in [-0.1, -0.05) is 26.0 Å². The largest absolute Gasteiger partial charge is 0.313 e. The van der Waals surface area contributed by atoms with E-state index in [1.54, 1.807) is 0 Å². The molecule has 0 heterocycles. The van der Waals surface area contributed by atoms with Gasteiger partial charge in [0.25, 0.3) is 0 Å². The molecule has 54 valence electrons. The Morgan fingerprint density at radius 2 is 2.11 bits per heavy atom. The Kier molecular flexibility index (Phi) is 5.64. The van der Waals surface area contributed by atoms with Crippen molar-refractivity contribution >= 4 is 0 Å². The molecule has 9 heavy (non-hydrogen) atoms. The van der Waals surface area contributed by atoms with Crippen LogP contribution in [0, 0.1) is 0 Å². The summed E-state index contributed by atoms with van der Waals surface area (Å²) in [7, 11) is 0. The summed E-state index contributed by atoms with van der Waals surface area (Å²) in [5.74, 6) is 0. The number of hydrogen-bond donors (Lipinski definition) is 1. The van der Waals surface area contributed by atoms with E-state index < -0.39 is 0 Å². The summed E-state index contributed by atoms with van der Waals surface area (Å²) in [4.78, 5) is 0. The third-order valence-corrected chi connectivity index (χ3v) is 1.30. The maximum atomic E-state index is 3.88. The van der Waals surface area contributed by atoms with Crippen molar-refractivity contribution in [3.63, 3.8) is 0 Å². The Balaban J connectivity index is 2.97. The van der Waals surface area contributed by atoms with Gasteiger partial charge in [0.1, 0.15) is 0 Å². The highest BCUT2D eigenvalue weighted by molar-refractivity contribution is 4.94. The molecule has 0 aromatic heterocycles. The molecule has 0 radical (unpaired) electrons. The van der Waals surface area contributed by atoms with Gasteiger partial charge in [-0.25, -0.2) is 0 Å². The van der Waals surface area contributed by atoms with Gasteiger partial charge in [-0.05, 0) is 19.4 Å². The number of nitrogens with one attached hydrogen (secondary N) is 1. The number of rotatable bonds is 5.